The molecule has 0 heterocycles. The van der Waals surface area contributed by atoms with Gasteiger partial charge in [0.15, 0.2) is 0 Å². The quantitative estimate of drug-likeness (QED) is 0.750. The Balaban J connectivity index is 1.72. The van der Waals surface area contributed by atoms with Crippen molar-refractivity contribution in [3.63, 3.8) is 0 Å². The standard InChI is InChI=1S/C12H24N2O2S/c1-2-3-4-17(15,16)14-8-9-5-10-7-12(13)11(10)6-9/h9-12,14H,2-8,13H2,1H3. The molecule has 2 fully saturated rings. The lowest BCUT2D eigenvalue weighted by Gasteiger charge is -2.37. The maximum absolute atomic E-state index is 11.7. The van der Waals surface area contributed by atoms with Crippen LogP contribution in [0.5, 0.6) is 0 Å². The van der Waals surface area contributed by atoms with Crippen molar-refractivity contribution in [2.45, 2.75) is 45.1 Å². The van der Waals surface area contributed by atoms with Crippen LogP contribution in [0.2, 0.25) is 0 Å². The molecule has 0 spiro atoms. The first-order chi connectivity index (χ1) is 8.02. The van der Waals surface area contributed by atoms with E-state index in [1.165, 1.54) is 0 Å². The molecule has 5 heteroatoms. The summed E-state index contributed by atoms with van der Waals surface area (Å²) in [6.45, 7) is 2.62. The molecule has 0 aromatic rings. The highest BCUT2D eigenvalue weighted by Crippen LogP contribution is 2.48. The maximum atomic E-state index is 11.7. The summed E-state index contributed by atoms with van der Waals surface area (Å²) in [6, 6.07) is 0.377. The molecule has 0 bridgehead atoms. The van der Waals surface area contributed by atoms with Gasteiger partial charge in [-0.1, -0.05) is 13.3 Å². The van der Waals surface area contributed by atoms with E-state index < -0.39 is 10.0 Å². The van der Waals surface area contributed by atoms with E-state index in [2.05, 4.69) is 4.72 Å². The van der Waals surface area contributed by atoms with E-state index in [0.29, 0.717) is 24.4 Å². The zero-order valence-corrected chi connectivity index (χ0v) is 11.4. The number of hydrogen-bond donors (Lipinski definition) is 2. The number of hydrogen-bond acceptors (Lipinski definition) is 3. The Hall–Kier alpha value is -0.130. The van der Waals surface area contributed by atoms with Crippen LogP contribution in [0.3, 0.4) is 0 Å². The highest BCUT2D eigenvalue weighted by atomic mass is 32.2. The van der Waals surface area contributed by atoms with Gasteiger partial charge in [0, 0.05) is 12.6 Å². The minimum atomic E-state index is -3.04. The monoisotopic (exact) mass is 260 g/mol. The fraction of sp³-hybridized carbons (Fsp3) is 1.00. The van der Waals surface area contributed by atoms with Gasteiger partial charge in [-0.25, -0.2) is 13.1 Å². The van der Waals surface area contributed by atoms with E-state index in [1.54, 1.807) is 0 Å². The van der Waals surface area contributed by atoms with E-state index in [-0.39, 0.29) is 5.75 Å². The molecule has 100 valence electrons. The van der Waals surface area contributed by atoms with Crippen LogP contribution in [0.15, 0.2) is 0 Å². The topological polar surface area (TPSA) is 72.2 Å². The van der Waals surface area contributed by atoms with Crippen LogP contribution < -0.4 is 10.5 Å². The third-order valence-corrected chi connectivity index (χ3v) is 5.76. The number of rotatable bonds is 6. The minimum Gasteiger partial charge on any atom is -0.327 e. The lowest BCUT2D eigenvalue weighted by Crippen LogP contribution is -2.44. The molecule has 17 heavy (non-hydrogen) atoms. The third kappa shape index (κ3) is 3.20. The Kier molecular flexibility index (Phi) is 4.10. The summed E-state index contributed by atoms with van der Waals surface area (Å²) in [4.78, 5) is 0. The molecular weight excluding hydrogens is 236 g/mol. The molecular formula is C12H24N2O2S. The van der Waals surface area contributed by atoms with Crippen LogP contribution in [-0.2, 0) is 10.0 Å². The van der Waals surface area contributed by atoms with Gasteiger partial charge in [0.2, 0.25) is 10.0 Å². The summed E-state index contributed by atoms with van der Waals surface area (Å²) in [5.74, 6) is 2.22. The van der Waals surface area contributed by atoms with Crippen molar-refractivity contribution in [3.05, 3.63) is 0 Å². The zero-order valence-electron chi connectivity index (χ0n) is 10.6. The molecule has 0 saturated heterocycles. The van der Waals surface area contributed by atoms with Crippen molar-refractivity contribution in [2.75, 3.05) is 12.3 Å². The number of nitrogens with one attached hydrogen (secondary N) is 1. The largest absolute Gasteiger partial charge is 0.327 e. The summed E-state index contributed by atoms with van der Waals surface area (Å²) >= 11 is 0. The van der Waals surface area contributed by atoms with E-state index in [0.717, 1.165) is 38.0 Å². The second kappa shape index (κ2) is 5.24. The zero-order chi connectivity index (χ0) is 12.5. The van der Waals surface area contributed by atoms with E-state index >= 15 is 0 Å². The van der Waals surface area contributed by atoms with Crippen molar-refractivity contribution in [2.24, 2.45) is 23.5 Å². The van der Waals surface area contributed by atoms with Gasteiger partial charge in [-0.2, -0.15) is 0 Å². The van der Waals surface area contributed by atoms with Gasteiger partial charge in [0.25, 0.3) is 0 Å². The van der Waals surface area contributed by atoms with Crippen LogP contribution in [0, 0.1) is 17.8 Å². The first-order valence-corrected chi connectivity index (χ1v) is 8.40. The van der Waals surface area contributed by atoms with Gasteiger partial charge in [-0.15, -0.1) is 0 Å². The fourth-order valence-electron chi connectivity index (χ4n) is 3.22. The molecule has 0 aliphatic heterocycles. The fourth-order valence-corrected chi connectivity index (χ4v) is 4.52. The third-order valence-electron chi connectivity index (χ3n) is 4.33. The minimum absolute atomic E-state index is 0.266. The van der Waals surface area contributed by atoms with E-state index in [1.807, 2.05) is 6.92 Å². The number of sulfonamides is 1. The second-order valence-electron chi connectivity index (χ2n) is 5.68. The van der Waals surface area contributed by atoms with Gasteiger partial charge >= 0.3 is 0 Å². The Bertz CT molecular complexity index is 356. The molecule has 2 rings (SSSR count). The molecule has 0 aromatic heterocycles. The van der Waals surface area contributed by atoms with E-state index in [9.17, 15) is 8.42 Å². The predicted octanol–water partition coefficient (Wildman–Crippen LogP) is 1.08. The summed E-state index contributed by atoms with van der Waals surface area (Å²) < 4.78 is 26.1. The molecule has 4 nitrogen and oxygen atoms in total. The molecule has 3 N–H and O–H groups in total. The van der Waals surface area contributed by atoms with E-state index in [4.69, 9.17) is 5.73 Å². The van der Waals surface area contributed by atoms with Gasteiger partial charge in [-0.3, -0.25) is 0 Å². The smallest absolute Gasteiger partial charge is 0.211 e. The SMILES string of the molecule is CCCCS(=O)(=O)NCC1CC2CC(N)C2C1. The molecule has 0 amide bonds. The van der Waals surface area contributed by atoms with Crippen molar-refractivity contribution in [3.8, 4) is 0 Å². The molecule has 2 aliphatic carbocycles. The maximum Gasteiger partial charge on any atom is 0.211 e. The Morgan fingerprint density at radius 3 is 2.65 bits per heavy atom. The Labute approximate surface area is 104 Å². The summed E-state index contributed by atoms with van der Waals surface area (Å²) in [6.07, 6.45) is 5.08. The van der Waals surface area contributed by atoms with Crippen molar-refractivity contribution < 1.29 is 8.42 Å². The van der Waals surface area contributed by atoms with Crippen molar-refractivity contribution in [1.82, 2.24) is 4.72 Å². The van der Waals surface area contributed by atoms with Crippen LogP contribution in [-0.4, -0.2) is 26.8 Å². The highest BCUT2D eigenvalue weighted by Gasteiger charge is 2.45. The molecule has 2 aliphatic rings. The Morgan fingerprint density at radius 2 is 2.06 bits per heavy atom. The van der Waals surface area contributed by atoms with Gasteiger partial charge < -0.3 is 5.73 Å². The average Bonchev–Trinajstić information content (AvgIpc) is 2.61. The number of unbranched alkanes of at least 4 members (excludes halogenated alkanes) is 1. The second-order valence-corrected chi connectivity index (χ2v) is 7.61. The molecule has 4 unspecified atom stereocenters. The van der Waals surface area contributed by atoms with Crippen LogP contribution in [0.25, 0.3) is 0 Å². The van der Waals surface area contributed by atoms with Crippen molar-refractivity contribution >= 4 is 10.0 Å². The molecule has 2 saturated carbocycles. The van der Waals surface area contributed by atoms with Gasteiger partial charge in [0.1, 0.15) is 0 Å². The lowest BCUT2D eigenvalue weighted by molar-refractivity contribution is 0.173. The predicted molar refractivity (Wildman–Crippen MR) is 69.0 cm³/mol. The molecule has 0 radical (unpaired) electrons. The summed E-state index contributed by atoms with van der Waals surface area (Å²) in [5, 5.41) is 0. The number of nitrogens with two attached hydrogens (primary N) is 1. The van der Waals surface area contributed by atoms with Gasteiger partial charge in [0.05, 0.1) is 5.75 Å². The first kappa shape index (κ1) is 13.3. The van der Waals surface area contributed by atoms with Crippen LogP contribution in [0.4, 0.5) is 0 Å². The first-order valence-electron chi connectivity index (χ1n) is 6.74. The average molecular weight is 260 g/mol. The molecule has 0 aromatic carbocycles. The van der Waals surface area contributed by atoms with Crippen LogP contribution >= 0.6 is 0 Å². The Morgan fingerprint density at radius 1 is 1.29 bits per heavy atom. The summed E-state index contributed by atoms with van der Waals surface area (Å²) in [5.41, 5.74) is 5.93. The van der Waals surface area contributed by atoms with Crippen LogP contribution in [0.1, 0.15) is 39.0 Å². The molecule has 4 atom stereocenters. The summed E-state index contributed by atoms with van der Waals surface area (Å²) in [7, 11) is -3.04. The number of fused-ring (bicyclic) bond motifs is 1. The normalized spacial score (nSPS) is 36.6. The van der Waals surface area contributed by atoms with Gasteiger partial charge in [-0.05, 0) is 43.4 Å². The lowest BCUT2D eigenvalue weighted by atomic mass is 9.72. The highest BCUT2D eigenvalue weighted by molar-refractivity contribution is 7.89. The van der Waals surface area contributed by atoms with Crippen molar-refractivity contribution in [1.29, 1.82) is 0 Å².